The number of amides is 1. The fourth-order valence-corrected chi connectivity index (χ4v) is 2.63. The van der Waals surface area contributed by atoms with Gasteiger partial charge in [0.2, 0.25) is 5.91 Å². The molecular formula is C18H17ClN4O3. The maximum absolute atomic E-state index is 12.4. The van der Waals surface area contributed by atoms with E-state index in [2.05, 4.69) is 5.32 Å². The van der Waals surface area contributed by atoms with Gasteiger partial charge in [-0.1, -0.05) is 17.7 Å². The Kier molecular flexibility index (Phi) is 6.15. The van der Waals surface area contributed by atoms with Crippen molar-refractivity contribution in [1.82, 2.24) is 0 Å². The van der Waals surface area contributed by atoms with Gasteiger partial charge in [0, 0.05) is 29.4 Å². The highest BCUT2D eigenvalue weighted by molar-refractivity contribution is 6.31. The largest absolute Gasteiger partial charge is 0.361 e. The van der Waals surface area contributed by atoms with Gasteiger partial charge in [-0.3, -0.25) is 14.9 Å². The first-order valence-electron chi connectivity index (χ1n) is 7.85. The van der Waals surface area contributed by atoms with Crippen molar-refractivity contribution >= 4 is 34.6 Å². The van der Waals surface area contributed by atoms with Crippen LogP contribution < -0.4 is 10.2 Å². The lowest BCUT2D eigenvalue weighted by molar-refractivity contribution is -0.384. The van der Waals surface area contributed by atoms with E-state index in [9.17, 15) is 20.2 Å². The standard InChI is InChI=1S/C18H17ClN4O3/c1-3-22(17-7-6-15(23(25)26)8-13(17)10-20)11-18(24)21-16-9-14(19)5-4-12(16)2/h4-9H,3,11H2,1-2H3,(H,21,24). The van der Waals surface area contributed by atoms with Gasteiger partial charge in [-0.15, -0.1) is 0 Å². The molecule has 8 heteroatoms. The van der Waals surface area contributed by atoms with Crippen LogP contribution >= 0.6 is 11.6 Å². The lowest BCUT2D eigenvalue weighted by Gasteiger charge is -2.23. The van der Waals surface area contributed by atoms with E-state index in [1.807, 2.05) is 19.9 Å². The third-order valence-electron chi connectivity index (χ3n) is 3.84. The van der Waals surface area contributed by atoms with E-state index in [-0.39, 0.29) is 23.7 Å². The van der Waals surface area contributed by atoms with Gasteiger partial charge < -0.3 is 10.2 Å². The molecule has 0 radical (unpaired) electrons. The molecule has 134 valence electrons. The van der Waals surface area contributed by atoms with Gasteiger partial charge in [-0.25, -0.2) is 0 Å². The average Bonchev–Trinajstić information content (AvgIpc) is 2.62. The third kappa shape index (κ3) is 4.49. The molecular weight excluding hydrogens is 356 g/mol. The molecule has 0 heterocycles. The van der Waals surface area contributed by atoms with E-state index in [0.29, 0.717) is 22.9 Å². The number of non-ortho nitro benzene ring substituents is 1. The number of hydrogen-bond acceptors (Lipinski definition) is 5. The minimum Gasteiger partial charge on any atom is -0.361 e. The number of benzene rings is 2. The summed E-state index contributed by atoms with van der Waals surface area (Å²) in [5.74, 6) is -0.278. The molecule has 2 aromatic rings. The summed E-state index contributed by atoms with van der Waals surface area (Å²) in [6.45, 7) is 4.14. The van der Waals surface area contributed by atoms with Crippen LogP contribution in [0.5, 0.6) is 0 Å². The second kappa shape index (κ2) is 8.32. The van der Waals surface area contributed by atoms with Crippen LogP contribution in [0.2, 0.25) is 5.02 Å². The second-order valence-electron chi connectivity index (χ2n) is 5.59. The summed E-state index contributed by atoms with van der Waals surface area (Å²) in [5, 5.41) is 23.5. The summed E-state index contributed by atoms with van der Waals surface area (Å²) in [5.41, 5.74) is 1.94. The summed E-state index contributed by atoms with van der Waals surface area (Å²) in [6, 6.07) is 11.2. The first-order valence-corrected chi connectivity index (χ1v) is 8.23. The number of nitriles is 1. The van der Waals surface area contributed by atoms with E-state index in [1.165, 1.54) is 18.2 Å². The number of halogens is 1. The van der Waals surface area contributed by atoms with Gasteiger partial charge in [0.25, 0.3) is 5.69 Å². The van der Waals surface area contributed by atoms with E-state index in [0.717, 1.165) is 5.56 Å². The van der Waals surface area contributed by atoms with E-state index >= 15 is 0 Å². The van der Waals surface area contributed by atoms with E-state index < -0.39 is 4.92 Å². The molecule has 0 fully saturated rings. The summed E-state index contributed by atoms with van der Waals surface area (Å²) in [7, 11) is 0. The predicted molar refractivity (Wildman–Crippen MR) is 101 cm³/mol. The molecule has 1 amide bonds. The minimum atomic E-state index is -0.560. The normalized spacial score (nSPS) is 10.1. The maximum atomic E-state index is 12.4. The van der Waals surface area contributed by atoms with E-state index in [4.69, 9.17) is 11.6 Å². The van der Waals surface area contributed by atoms with Crippen molar-refractivity contribution in [2.24, 2.45) is 0 Å². The van der Waals surface area contributed by atoms with Crippen LogP contribution in [0.25, 0.3) is 0 Å². The zero-order chi connectivity index (χ0) is 19.3. The lowest BCUT2D eigenvalue weighted by Crippen LogP contribution is -2.33. The zero-order valence-corrected chi connectivity index (χ0v) is 15.1. The number of nitro benzene ring substituents is 1. The Labute approximate surface area is 155 Å². The molecule has 0 atom stereocenters. The number of likely N-dealkylation sites (N-methyl/N-ethyl adjacent to an activating group) is 1. The van der Waals surface area contributed by atoms with Crippen molar-refractivity contribution in [3.8, 4) is 6.07 Å². The van der Waals surface area contributed by atoms with Gasteiger partial charge in [0.15, 0.2) is 0 Å². The molecule has 2 rings (SSSR count). The Morgan fingerprint density at radius 1 is 1.35 bits per heavy atom. The lowest BCUT2D eigenvalue weighted by atomic mass is 10.1. The summed E-state index contributed by atoms with van der Waals surface area (Å²) >= 11 is 5.96. The van der Waals surface area contributed by atoms with Gasteiger partial charge in [0.1, 0.15) is 6.07 Å². The number of nitrogens with one attached hydrogen (secondary N) is 1. The molecule has 26 heavy (non-hydrogen) atoms. The Bertz CT molecular complexity index is 892. The Morgan fingerprint density at radius 3 is 2.69 bits per heavy atom. The first-order chi connectivity index (χ1) is 12.3. The van der Waals surface area contributed by atoms with Crippen molar-refractivity contribution < 1.29 is 9.72 Å². The zero-order valence-electron chi connectivity index (χ0n) is 14.3. The van der Waals surface area contributed by atoms with Gasteiger partial charge in [-0.05, 0) is 37.6 Å². The molecule has 0 aromatic heterocycles. The van der Waals surface area contributed by atoms with Crippen LogP contribution in [0.3, 0.4) is 0 Å². The van der Waals surface area contributed by atoms with E-state index in [1.54, 1.807) is 23.1 Å². The maximum Gasteiger partial charge on any atom is 0.270 e. The number of nitrogens with zero attached hydrogens (tertiary/aromatic N) is 3. The Balaban J connectivity index is 2.21. The van der Waals surface area contributed by atoms with Crippen LogP contribution in [0.4, 0.5) is 17.1 Å². The minimum absolute atomic E-state index is 0.00502. The Morgan fingerprint density at radius 2 is 2.08 bits per heavy atom. The van der Waals surface area contributed by atoms with Gasteiger partial charge in [-0.2, -0.15) is 5.26 Å². The molecule has 1 N–H and O–H groups in total. The summed E-state index contributed by atoms with van der Waals surface area (Å²) in [6.07, 6.45) is 0. The van der Waals surface area contributed by atoms with Crippen LogP contribution in [-0.4, -0.2) is 23.9 Å². The molecule has 0 aliphatic heterocycles. The van der Waals surface area contributed by atoms with Gasteiger partial charge in [0.05, 0.1) is 22.7 Å². The third-order valence-corrected chi connectivity index (χ3v) is 4.08. The van der Waals surface area contributed by atoms with Crippen LogP contribution in [-0.2, 0) is 4.79 Å². The van der Waals surface area contributed by atoms with Gasteiger partial charge >= 0.3 is 0 Å². The SMILES string of the molecule is CCN(CC(=O)Nc1cc(Cl)ccc1C)c1ccc([N+](=O)[O-])cc1C#N. The van der Waals surface area contributed by atoms with Crippen molar-refractivity contribution in [1.29, 1.82) is 5.26 Å². The van der Waals surface area contributed by atoms with Crippen molar-refractivity contribution in [3.63, 3.8) is 0 Å². The average molecular weight is 373 g/mol. The van der Waals surface area contributed by atoms with Crippen molar-refractivity contribution in [2.45, 2.75) is 13.8 Å². The molecule has 0 aliphatic carbocycles. The number of carbonyl (C=O) groups is 1. The fourth-order valence-electron chi connectivity index (χ4n) is 2.46. The molecule has 0 spiro atoms. The molecule has 0 bridgehead atoms. The molecule has 2 aromatic carbocycles. The predicted octanol–water partition coefficient (Wildman–Crippen LogP) is 3.89. The molecule has 0 unspecified atom stereocenters. The van der Waals surface area contributed by atoms with Crippen LogP contribution in [0.1, 0.15) is 18.1 Å². The number of hydrogen-bond donors (Lipinski definition) is 1. The summed E-state index contributed by atoms with van der Waals surface area (Å²) < 4.78 is 0. The highest BCUT2D eigenvalue weighted by Gasteiger charge is 2.17. The fraction of sp³-hybridized carbons (Fsp3) is 0.222. The highest BCUT2D eigenvalue weighted by Crippen LogP contribution is 2.25. The summed E-state index contributed by atoms with van der Waals surface area (Å²) in [4.78, 5) is 24.4. The molecule has 7 nitrogen and oxygen atoms in total. The Hall–Kier alpha value is -3.11. The number of anilines is 2. The van der Waals surface area contributed by atoms with Crippen molar-refractivity contribution in [3.05, 3.63) is 62.7 Å². The number of rotatable bonds is 6. The number of carbonyl (C=O) groups excluding carboxylic acids is 1. The topological polar surface area (TPSA) is 99.3 Å². The molecule has 0 saturated carbocycles. The monoisotopic (exact) mass is 372 g/mol. The molecule has 0 aliphatic rings. The second-order valence-corrected chi connectivity index (χ2v) is 6.03. The number of aryl methyl sites for hydroxylation is 1. The van der Waals surface area contributed by atoms with Crippen LogP contribution in [0.15, 0.2) is 36.4 Å². The van der Waals surface area contributed by atoms with Crippen LogP contribution in [0, 0.1) is 28.4 Å². The first kappa shape index (κ1) is 19.2. The quantitative estimate of drug-likeness (QED) is 0.612. The highest BCUT2D eigenvalue weighted by atomic mass is 35.5. The van der Waals surface area contributed by atoms with Crippen molar-refractivity contribution in [2.75, 3.05) is 23.3 Å². The smallest absolute Gasteiger partial charge is 0.270 e. The number of nitro groups is 1. The molecule has 0 saturated heterocycles.